The van der Waals surface area contributed by atoms with Gasteiger partial charge in [0.05, 0.1) is 4.91 Å². The number of para-hydroxylation sites is 1. The average molecular weight is 450 g/mol. The molecule has 1 saturated heterocycles. The first-order valence-corrected chi connectivity index (χ1v) is 11.0. The molecule has 1 fully saturated rings. The summed E-state index contributed by atoms with van der Waals surface area (Å²) in [6.45, 7) is 2.87. The van der Waals surface area contributed by atoms with Crippen LogP contribution in [0, 0.1) is 0 Å². The summed E-state index contributed by atoms with van der Waals surface area (Å²) in [5.41, 5.74) is 1.85. The number of aliphatic imine (C=N–C) groups is 1. The molecule has 0 spiro atoms. The fourth-order valence-corrected chi connectivity index (χ4v) is 4.17. The molecule has 0 saturated carbocycles. The predicted molar refractivity (Wildman–Crippen MR) is 127 cm³/mol. The number of hydrogen-bond donors (Lipinski definition) is 0. The Morgan fingerprint density at radius 3 is 2.61 bits per heavy atom. The second-order valence-electron chi connectivity index (χ2n) is 6.70. The van der Waals surface area contributed by atoms with Crippen LogP contribution in [0.5, 0.6) is 5.75 Å². The van der Waals surface area contributed by atoms with Gasteiger partial charge in [-0.2, -0.15) is 0 Å². The summed E-state index contributed by atoms with van der Waals surface area (Å²) < 4.78 is 6.02. The minimum Gasteiger partial charge on any atom is -0.488 e. The van der Waals surface area contributed by atoms with Gasteiger partial charge in [0, 0.05) is 23.3 Å². The van der Waals surface area contributed by atoms with Gasteiger partial charge in [-0.1, -0.05) is 48.0 Å². The molecule has 0 N–H and O–H groups in total. The van der Waals surface area contributed by atoms with E-state index in [2.05, 4.69) is 9.98 Å². The van der Waals surface area contributed by atoms with E-state index in [0.717, 1.165) is 11.1 Å². The van der Waals surface area contributed by atoms with Gasteiger partial charge in [-0.3, -0.25) is 9.69 Å². The van der Waals surface area contributed by atoms with E-state index in [9.17, 15) is 4.79 Å². The lowest BCUT2D eigenvalue weighted by Crippen LogP contribution is -2.28. The number of likely N-dealkylation sites (N-methyl/N-ethyl adjacent to an activating group) is 1. The fourth-order valence-electron chi connectivity index (χ4n) is 3.00. The van der Waals surface area contributed by atoms with Crippen LogP contribution in [0.1, 0.15) is 18.1 Å². The second kappa shape index (κ2) is 9.81. The zero-order valence-corrected chi connectivity index (χ0v) is 18.4. The number of rotatable bonds is 6. The largest absolute Gasteiger partial charge is 0.488 e. The maximum Gasteiger partial charge on any atom is 0.266 e. The number of amidine groups is 1. The molecular formula is C24H20ClN3O2S. The van der Waals surface area contributed by atoms with E-state index in [4.69, 9.17) is 16.3 Å². The summed E-state index contributed by atoms with van der Waals surface area (Å²) in [6.07, 6.45) is 3.54. The predicted octanol–water partition coefficient (Wildman–Crippen LogP) is 5.94. The number of thioether (sulfide) groups is 1. The highest BCUT2D eigenvalue weighted by Crippen LogP contribution is 2.35. The molecule has 1 amide bonds. The highest BCUT2D eigenvalue weighted by molar-refractivity contribution is 8.18. The normalized spacial score (nSPS) is 16.3. The van der Waals surface area contributed by atoms with Gasteiger partial charge in [0.25, 0.3) is 5.91 Å². The minimum absolute atomic E-state index is 0.0744. The number of halogens is 1. The second-order valence-corrected chi connectivity index (χ2v) is 8.14. The molecule has 2 aromatic carbocycles. The Balaban J connectivity index is 1.57. The summed E-state index contributed by atoms with van der Waals surface area (Å²) >= 11 is 7.29. The molecule has 0 aliphatic carbocycles. The Hall–Kier alpha value is -3.09. The van der Waals surface area contributed by atoms with E-state index in [1.807, 2.05) is 79.7 Å². The van der Waals surface area contributed by atoms with Gasteiger partial charge in [-0.15, -0.1) is 0 Å². The van der Waals surface area contributed by atoms with Crippen molar-refractivity contribution < 1.29 is 9.53 Å². The molecule has 156 valence electrons. The summed E-state index contributed by atoms with van der Waals surface area (Å²) in [7, 11) is 0. The van der Waals surface area contributed by atoms with Gasteiger partial charge in [0.1, 0.15) is 12.4 Å². The van der Waals surface area contributed by atoms with Crippen LogP contribution in [0.15, 0.2) is 82.8 Å². The molecule has 3 aromatic rings. The molecule has 0 unspecified atom stereocenters. The lowest BCUT2D eigenvalue weighted by molar-refractivity contribution is -0.122. The first kappa shape index (κ1) is 21.2. The Morgan fingerprint density at radius 2 is 1.87 bits per heavy atom. The monoisotopic (exact) mass is 449 g/mol. The van der Waals surface area contributed by atoms with Crippen molar-refractivity contribution in [1.82, 2.24) is 9.88 Å². The number of nitrogens with zero attached hydrogens (tertiary/aromatic N) is 3. The Kier molecular flexibility index (Phi) is 6.70. The topological polar surface area (TPSA) is 54.8 Å². The van der Waals surface area contributed by atoms with Crippen molar-refractivity contribution in [2.45, 2.75) is 13.5 Å². The van der Waals surface area contributed by atoms with Crippen LogP contribution < -0.4 is 4.74 Å². The van der Waals surface area contributed by atoms with E-state index in [-0.39, 0.29) is 5.91 Å². The van der Waals surface area contributed by atoms with Crippen molar-refractivity contribution in [3.63, 3.8) is 0 Å². The third-order valence-electron chi connectivity index (χ3n) is 4.58. The molecule has 31 heavy (non-hydrogen) atoms. The lowest BCUT2D eigenvalue weighted by atomic mass is 10.1. The molecule has 0 radical (unpaired) electrons. The van der Waals surface area contributed by atoms with Crippen molar-refractivity contribution in [2.24, 2.45) is 4.99 Å². The molecule has 1 aliphatic rings. The fraction of sp³-hybridized carbons (Fsp3) is 0.125. The number of hydrogen-bond acceptors (Lipinski definition) is 5. The SMILES string of the molecule is CCN1C(=O)/C(=C/c2ccccc2OCc2ccc(Cl)cc2)S/C1=N/c1ccccn1. The van der Waals surface area contributed by atoms with Gasteiger partial charge in [-0.05, 0) is 60.7 Å². The number of carbonyl (C=O) groups excluding carboxylic acids is 1. The van der Waals surface area contributed by atoms with E-state index in [0.29, 0.717) is 39.8 Å². The first-order chi connectivity index (χ1) is 15.1. The zero-order valence-electron chi connectivity index (χ0n) is 16.9. The third-order valence-corrected chi connectivity index (χ3v) is 5.84. The molecule has 7 heteroatoms. The molecule has 1 aromatic heterocycles. The Bertz CT molecular complexity index is 1130. The van der Waals surface area contributed by atoms with Crippen LogP contribution in [0.25, 0.3) is 6.08 Å². The molecule has 5 nitrogen and oxygen atoms in total. The maximum absolute atomic E-state index is 12.9. The van der Waals surface area contributed by atoms with Crippen LogP contribution in [0.4, 0.5) is 5.82 Å². The van der Waals surface area contributed by atoms with Crippen LogP contribution >= 0.6 is 23.4 Å². The number of aromatic nitrogens is 1. The van der Waals surface area contributed by atoms with Crippen molar-refractivity contribution >= 4 is 46.3 Å². The maximum atomic E-state index is 12.9. The molecule has 0 atom stereocenters. The van der Waals surface area contributed by atoms with Crippen molar-refractivity contribution in [2.75, 3.05) is 6.54 Å². The molecule has 2 heterocycles. The van der Waals surface area contributed by atoms with Crippen LogP contribution in [-0.2, 0) is 11.4 Å². The Labute approximate surface area is 190 Å². The third kappa shape index (κ3) is 5.16. The molecule has 4 rings (SSSR count). The Morgan fingerprint density at radius 1 is 1.10 bits per heavy atom. The van der Waals surface area contributed by atoms with Crippen molar-refractivity contribution in [3.8, 4) is 5.75 Å². The van der Waals surface area contributed by atoms with Gasteiger partial charge in [0.2, 0.25) is 0 Å². The number of benzene rings is 2. The molecule has 0 bridgehead atoms. The van der Waals surface area contributed by atoms with Gasteiger partial charge < -0.3 is 4.74 Å². The van der Waals surface area contributed by atoms with E-state index in [1.54, 1.807) is 11.1 Å². The quantitative estimate of drug-likeness (QED) is 0.437. The minimum atomic E-state index is -0.0744. The van der Waals surface area contributed by atoms with E-state index >= 15 is 0 Å². The van der Waals surface area contributed by atoms with Crippen molar-refractivity contribution in [3.05, 3.63) is 94.0 Å². The van der Waals surface area contributed by atoms with E-state index < -0.39 is 0 Å². The zero-order chi connectivity index (χ0) is 21.6. The van der Waals surface area contributed by atoms with Gasteiger partial charge >= 0.3 is 0 Å². The van der Waals surface area contributed by atoms with Crippen LogP contribution in [0.2, 0.25) is 5.02 Å². The summed E-state index contributed by atoms with van der Waals surface area (Å²) in [6, 6.07) is 20.7. The molecular weight excluding hydrogens is 430 g/mol. The van der Waals surface area contributed by atoms with E-state index in [1.165, 1.54) is 11.8 Å². The van der Waals surface area contributed by atoms with Crippen molar-refractivity contribution in [1.29, 1.82) is 0 Å². The first-order valence-electron chi connectivity index (χ1n) is 9.81. The standard InChI is InChI=1S/C24H20ClN3O2S/c1-2-28-23(29)21(31-24(28)27-22-9-5-6-14-26-22)15-18-7-3-4-8-20(18)30-16-17-10-12-19(25)13-11-17/h3-15H,2,16H2,1H3/b21-15-,27-24+. The van der Waals surface area contributed by atoms with Crippen LogP contribution in [-0.4, -0.2) is 27.5 Å². The average Bonchev–Trinajstić information content (AvgIpc) is 3.08. The lowest BCUT2D eigenvalue weighted by Gasteiger charge is -2.11. The number of pyridine rings is 1. The summed E-state index contributed by atoms with van der Waals surface area (Å²) in [5.74, 6) is 1.20. The smallest absolute Gasteiger partial charge is 0.266 e. The number of ether oxygens (including phenoxy) is 1. The van der Waals surface area contributed by atoms with Crippen LogP contribution in [0.3, 0.4) is 0 Å². The number of carbonyl (C=O) groups is 1. The highest BCUT2D eigenvalue weighted by Gasteiger charge is 2.32. The summed E-state index contributed by atoms with van der Waals surface area (Å²) in [5, 5.41) is 1.31. The summed E-state index contributed by atoms with van der Waals surface area (Å²) in [4.78, 5) is 24.0. The van der Waals surface area contributed by atoms with Gasteiger partial charge in [0.15, 0.2) is 11.0 Å². The highest BCUT2D eigenvalue weighted by atomic mass is 35.5. The van der Waals surface area contributed by atoms with Gasteiger partial charge in [-0.25, -0.2) is 9.98 Å². The molecule has 1 aliphatic heterocycles. The number of amides is 1.